The fraction of sp³-hybridized carbons (Fsp3) is 0.632. The molecule has 1 amide bonds. The summed E-state index contributed by atoms with van der Waals surface area (Å²) in [5.41, 5.74) is 2.70. The molecule has 23 heavy (non-hydrogen) atoms. The van der Waals surface area contributed by atoms with Crippen LogP contribution in [-0.2, 0) is 17.6 Å². The zero-order chi connectivity index (χ0) is 16.0. The normalized spacial score (nSPS) is 16.7. The van der Waals surface area contributed by atoms with E-state index in [4.69, 9.17) is 0 Å². The summed E-state index contributed by atoms with van der Waals surface area (Å²) in [6.07, 6.45) is 3.85. The van der Waals surface area contributed by atoms with Gasteiger partial charge in [-0.15, -0.1) is 12.4 Å². The fourth-order valence-corrected chi connectivity index (χ4v) is 3.03. The van der Waals surface area contributed by atoms with Gasteiger partial charge < -0.3 is 10.6 Å². The highest BCUT2D eigenvalue weighted by Crippen LogP contribution is 2.26. The Morgan fingerprint density at radius 1 is 1.17 bits per heavy atom. The second kappa shape index (κ2) is 9.29. The van der Waals surface area contributed by atoms with Gasteiger partial charge in [0.25, 0.3) is 0 Å². The lowest BCUT2D eigenvalue weighted by Crippen LogP contribution is -2.43. The number of nitrogens with one attached hydrogen (secondary N) is 2. The fourth-order valence-electron chi connectivity index (χ4n) is 3.03. The van der Waals surface area contributed by atoms with Crippen molar-refractivity contribution >= 4 is 18.3 Å². The van der Waals surface area contributed by atoms with Crippen LogP contribution in [0, 0.1) is 11.3 Å². The molecule has 0 saturated carbocycles. The molecule has 1 aliphatic rings. The highest BCUT2D eigenvalue weighted by molar-refractivity contribution is 5.85. The Kier molecular flexibility index (Phi) is 8.07. The van der Waals surface area contributed by atoms with Crippen LogP contribution >= 0.6 is 12.4 Å². The number of carbonyl (C=O) groups excluding carboxylic acids is 1. The van der Waals surface area contributed by atoms with Crippen LogP contribution in [-0.4, -0.2) is 25.5 Å². The number of hydrogen-bond donors (Lipinski definition) is 2. The SMILES string of the molecule is CC(C)Cc1ccc(CC(=O)NCC2(C)CCNCC2)cc1.Cl. The zero-order valence-corrected chi connectivity index (χ0v) is 15.5. The minimum atomic E-state index is 0. The smallest absolute Gasteiger partial charge is 0.224 e. The number of hydrogen-bond acceptors (Lipinski definition) is 2. The molecule has 0 radical (unpaired) electrons. The van der Waals surface area contributed by atoms with E-state index in [1.54, 1.807) is 0 Å². The van der Waals surface area contributed by atoms with Crippen LogP contribution < -0.4 is 10.6 Å². The molecular formula is C19H31ClN2O. The maximum Gasteiger partial charge on any atom is 0.224 e. The van der Waals surface area contributed by atoms with Gasteiger partial charge in [-0.3, -0.25) is 4.79 Å². The molecule has 2 rings (SSSR count). The first-order valence-electron chi connectivity index (χ1n) is 8.52. The topological polar surface area (TPSA) is 41.1 Å². The van der Waals surface area contributed by atoms with Crippen LogP contribution in [0.3, 0.4) is 0 Å². The van der Waals surface area contributed by atoms with Gasteiger partial charge in [-0.2, -0.15) is 0 Å². The number of amides is 1. The Hall–Kier alpha value is -1.06. The third kappa shape index (κ3) is 6.92. The number of benzene rings is 1. The van der Waals surface area contributed by atoms with Gasteiger partial charge in [-0.25, -0.2) is 0 Å². The molecule has 0 bridgehead atoms. The van der Waals surface area contributed by atoms with Gasteiger partial charge in [0.1, 0.15) is 0 Å². The summed E-state index contributed by atoms with van der Waals surface area (Å²) in [4.78, 5) is 12.1. The number of halogens is 1. The molecule has 1 aromatic carbocycles. The lowest BCUT2D eigenvalue weighted by Gasteiger charge is -2.34. The van der Waals surface area contributed by atoms with Crippen LogP contribution in [0.25, 0.3) is 0 Å². The molecule has 130 valence electrons. The van der Waals surface area contributed by atoms with Gasteiger partial charge in [0.2, 0.25) is 5.91 Å². The van der Waals surface area contributed by atoms with E-state index < -0.39 is 0 Å². The number of carbonyl (C=O) groups is 1. The van der Waals surface area contributed by atoms with Crippen LogP contribution in [0.2, 0.25) is 0 Å². The number of piperidine rings is 1. The Morgan fingerprint density at radius 3 is 2.30 bits per heavy atom. The van der Waals surface area contributed by atoms with Gasteiger partial charge in [0, 0.05) is 6.54 Å². The Labute approximate surface area is 147 Å². The minimum Gasteiger partial charge on any atom is -0.355 e. The quantitative estimate of drug-likeness (QED) is 0.835. The summed E-state index contributed by atoms with van der Waals surface area (Å²) in [5.74, 6) is 0.802. The average Bonchev–Trinajstić information content (AvgIpc) is 2.48. The molecule has 1 fully saturated rings. The minimum absolute atomic E-state index is 0. The highest BCUT2D eigenvalue weighted by atomic mass is 35.5. The van der Waals surface area contributed by atoms with Crippen LogP contribution in [0.15, 0.2) is 24.3 Å². The average molecular weight is 339 g/mol. The summed E-state index contributed by atoms with van der Waals surface area (Å²) in [5, 5.41) is 6.49. The van der Waals surface area contributed by atoms with E-state index in [2.05, 4.69) is 55.7 Å². The summed E-state index contributed by atoms with van der Waals surface area (Å²) < 4.78 is 0. The van der Waals surface area contributed by atoms with Gasteiger partial charge >= 0.3 is 0 Å². The van der Waals surface area contributed by atoms with Crippen molar-refractivity contribution in [1.29, 1.82) is 0 Å². The van der Waals surface area contributed by atoms with E-state index in [-0.39, 0.29) is 23.7 Å². The maximum absolute atomic E-state index is 12.1. The zero-order valence-electron chi connectivity index (χ0n) is 14.7. The lowest BCUT2D eigenvalue weighted by molar-refractivity contribution is -0.121. The predicted octanol–water partition coefficient (Wildman–Crippen LogP) is 3.36. The molecule has 2 N–H and O–H groups in total. The molecule has 4 heteroatoms. The van der Waals surface area contributed by atoms with Crippen LogP contribution in [0.1, 0.15) is 44.7 Å². The molecule has 0 unspecified atom stereocenters. The van der Waals surface area contributed by atoms with Crippen molar-refractivity contribution in [2.75, 3.05) is 19.6 Å². The molecule has 0 atom stereocenters. The van der Waals surface area contributed by atoms with Crippen molar-refractivity contribution in [3.05, 3.63) is 35.4 Å². The molecule has 1 aliphatic heterocycles. The summed E-state index contributed by atoms with van der Waals surface area (Å²) in [7, 11) is 0. The molecule has 0 aliphatic carbocycles. The van der Waals surface area contributed by atoms with E-state index in [0.717, 1.165) is 44.5 Å². The van der Waals surface area contributed by atoms with Gasteiger partial charge in [0.15, 0.2) is 0 Å². The monoisotopic (exact) mass is 338 g/mol. The van der Waals surface area contributed by atoms with Crippen molar-refractivity contribution < 1.29 is 4.79 Å². The molecule has 1 saturated heterocycles. The second-order valence-electron chi connectivity index (χ2n) is 7.43. The van der Waals surface area contributed by atoms with Crippen molar-refractivity contribution in [3.8, 4) is 0 Å². The third-order valence-electron chi connectivity index (χ3n) is 4.55. The first kappa shape index (κ1) is 20.0. The van der Waals surface area contributed by atoms with Gasteiger partial charge in [-0.05, 0) is 54.8 Å². The second-order valence-corrected chi connectivity index (χ2v) is 7.43. The van der Waals surface area contributed by atoms with Crippen LogP contribution in [0.4, 0.5) is 0 Å². The Balaban J connectivity index is 0.00000264. The Morgan fingerprint density at radius 2 is 1.74 bits per heavy atom. The van der Waals surface area contributed by atoms with Crippen LogP contribution in [0.5, 0.6) is 0 Å². The molecule has 1 heterocycles. The van der Waals surface area contributed by atoms with Crippen molar-refractivity contribution in [2.45, 2.75) is 46.5 Å². The predicted molar refractivity (Wildman–Crippen MR) is 99.2 cm³/mol. The molecule has 3 nitrogen and oxygen atoms in total. The summed E-state index contributed by atoms with van der Waals surface area (Å²) in [6, 6.07) is 8.47. The molecule has 0 spiro atoms. The standard InChI is InChI=1S/C19H30N2O.ClH/c1-15(2)12-16-4-6-17(7-5-16)13-18(22)21-14-19(3)8-10-20-11-9-19;/h4-7,15,20H,8-14H2,1-3H3,(H,21,22);1H. The van der Waals surface area contributed by atoms with Crippen molar-refractivity contribution in [3.63, 3.8) is 0 Å². The van der Waals surface area contributed by atoms with E-state index >= 15 is 0 Å². The highest BCUT2D eigenvalue weighted by Gasteiger charge is 2.26. The summed E-state index contributed by atoms with van der Waals surface area (Å²) >= 11 is 0. The Bertz CT molecular complexity index is 479. The van der Waals surface area contributed by atoms with Crippen molar-refractivity contribution in [2.24, 2.45) is 11.3 Å². The van der Waals surface area contributed by atoms with E-state index in [0.29, 0.717) is 12.3 Å². The summed E-state index contributed by atoms with van der Waals surface area (Å²) in [6.45, 7) is 9.63. The largest absolute Gasteiger partial charge is 0.355 e. The van der Waals surface area contributed by atoms with Gasteiger partial charge in [0.05, 0.1) is 6.42 Å². The molecule has 0 aromatic heterocycles. The number of rotatable bonds is 6. The first-order valence-corrected chi connectivity index (χ1v) is 8.52. The third-order valence-corrected chi connectivity index (χ3v) is 4.55. The van der Waals surface area contributed by atoms with E-state index in [9.17, 15) is 4.79 Å². The van der Waals surface area contributed by atoms with Gasteiger partial charge in [-0.1, -0.05) is 45.0 Å². The first-order chi connectivity index (χ1) is 10.5. The van der Waals surface area contributed by atoms with E-state index in [1.807, 2.05) is 0 Å². The lowest BCUT2D eigenvalue weighted by atomic mass is 9.81. The molecular weight excluding hydrogens is 308 g/mol. The van der Waals surface area contributed by atoms with E-state index in [1.165, 1.54) is 5.56 Å². The van der Waals surface area contributed by atoms with Crippen molar-refractivity contribution in [1.82, 2.24) is 10.6 Å². The molecule has 1 aromatic rings. The maximum atomic E-state index is 12.1.